The molecule has 3 nitrogen and oxygen atoms in total. The lowest BCUT2D eigenvalue weighted by Gasteiger charge is -2.12. The number of halogens is 1. The number of hydrogen-bond acceptors (Lipinski definition) is 3. The minimum absolute atomic E-state index is 0.815. The number of benzene rings is 1. The van der Waals surface area contributed by atoms with Crippen molar-refractivity contribution >= 4 is 34.0 Å². The molecule has 14 heavy (non-hydrogen) atoms. The van der Waals surface area contributed by atoms with E-state index in [1.54, 1.807) is 0 Å². The summed E-state index contributed by atoms with van der Waals surface area (Å²) in [5, 5.41) is 3.30. The van der Waals surface area contributed by atoms with Crippen molar-refractivity contribution in [1.82, 2.24) is 4.90 Å². The van der Waals surface area contributed by atoms with Gasteiger partial charge in [0.15, 0.2) is 0 Å². The Morgan fingerprint density at radius 1 is 1.43 bits per heavy atom. The summed E-state index contributed by atoms with van der Waals surface area (Å²) in [5.41, 5.74) is 7.69. The molecule has 0 saturated heterocycles. The molecule has 0 unspecified atom stereocenters. The topological polar surface area (TPSA) is 41.3 Å². The second-order valence-electron chi connectivity index (χ2n) is 3.46. The van der Waals surface area contributed by atoms with E-state index in [1.165, 1.54) is 3.57 Å². The van der Waals surface area contributed by atoms with E-state index in [1.807, 2.05) is 12.1 Å². The number of nitrogens with zero attached hydrogens (tertiary/aromatic N) is 1. The van der Waals surface area contributed by atoms with Crippen LogP contribution >= 0.6 is 22.6 Å². The predicted octanol–water partition coefficient (Wildman–Crippen LogP) is 1.85. The van der Waals surface area contributed by atoms with E-state index < -0.39 is 0 Å². The Labute approximate surface area is 98.8 Å². The molecule has 0 heterocycles. The molecule has 0 fully saturated rings. The Hall–Kier alpha value is -0.490. The standard InChI is InChI=1S/C10H16IN3/c1-14(2)6-5-13-10-4-3-8(11)7-9(10)12/h3-4,7,13H,5-6,12H2,1-2H3. The van der Waals surface area contributed by atoms with Gasteiger partial charge in [0.1, 0.15) is 0 Å². The Balaban J connectivity index is 2.51. The van der Waals surface area contributed by atoms with Crippen molar-refractivity contribution in [3.63, 3.8) is 0 Å². The van der Waals surface area contributed by atoms with E-state index >= 15 is 0 Å². The summed E-state index contributed by atoms with van der Waals surface area (Å²) in [7, 11) is 4.11. The predicted molar refractivity (Wildman–Crippen MR) is 70.6 cm³/mol. The van der Waals surface area contributed by atoms with Gasteiger partial charge < -0.3 is 16.0 Å². The lowest BCUT2D eigenvalue weighted by atomic mass is 10.3. The van der Waals surface area contributed by atoms with Crippen LogP contribution in [0.4, 0.5) is 11.4 Å². The Morgan fingerprint density at radius 3 is 2.71 bits per heavy atom. The van der Waals surface area contributed by atoms with Gasteiger partial charge in [-0.1, -0.05) is 0 Å². The van der Waals surface area contributed by atoms with Crippen LogP contribution in [-0.4, -0.2) is 32.1 Å². The van der Waals surface area contributed by atoms with E-state index in [-0.39, 0.29) is 0 Å². The molecule has 0 aliphatic rings. The van der Waals surface area contributed by atoms with Crippen molar-refractivity contribution in [2.24, 2.45) is 0 Å². The second-order valence-corrected chi connectivity index (χ2v) is 4.71. The van der Waals surface area contributed by atoms with E-state index in [9.17, 15) is 0 Å². The first-order chi connectivity index (χ1) is 6.59. The Morgan fingerprint density at radius 2 is 2.14 bits per heavy atom. The van der Waals surface area contributed by atoms with Gasteiger partial charge in [0.25, 0.3) is 0 Å². The monoisotopic (exact) mass is 305 g/mol. The van der Waals surface area contributed by atoms with Gasteiger partial charge in [-0.2, -0.15) is 0 Å². The molecule has 0 bridgehead atoms. The third kappa shape index (κ3) is 3.71. The molecule has 1 rings (SSSR count). The maximum Gasteiger partial charge on any atom is 0.0575 e. The zero-order valence-electron chi connectivity index (χ0n) is 8.55. The number of anilines is 2. The molecular formula is C10H16IN3. The highest BCUT2D eigenvalue weighted by Crippen LogP contribution is 2.20. The van der Waals surface area contributed by atoms with Gasteiger partial charge in [-0.15, -0.1) is 0 Å². The van der Waals surface area contributed by atoms with Crippen molar-refractivity contribution in [3.05, 3.63) is 21.8 Å². The number of rotatable bonds is 4. The minimum atomic E-state index is 0.815. The van der Waals surface area contributed by atoms with Gasteiger partial charge >= 0.3 is 0 Å². The molecule has 0 amide bonds. The van der Waals surface area contributed by atoms with Gasteiger partial charge in [-0.05, 0) is 54.9 Å². The first-order valence-corrected chi connectivity index (χ1v) is 5.61. The van der Waals surface area contributed by atoms with Crippen LogP contribution < -0.4 is 11.1 Å². The molecule has 1 aromatic rings. The molecule has 0 aliphatic heterocycles. The molecule has 0 atom stereocenters. The molecule has 0 aromatic heterocycles. The lowest BCUT2D eigenvalue weighted by Crippen LogP contribution is -2.21. The average molecular weight is 305 g/mol. The van der Waals surface area contributed by atoms with Crippen LogP contribution in [-0.2, 0) is 0 Å². The van der Waals surface area contributed by atoms with Crippen molar-refractivity contribution in [2.75, 3.05) is 38.2 Å². The van der Waals surface area contributed by atoms with Crippen LogP contribution in [0.1, 0.15) is 0 Å². The largest absolute Gasteiger partial charge is 0.397 e. The highest BCUT2D eigenvalue weighted by atomic mass is 127. The van der Waals surface area contributed by atoms with Crippen LogP contribution in [0, 0.1) is 3.57 Å². The molecule has 1 aromatic carbocycles. The quantitative estimate of drug-likeness (QED) is 0.659. The van der Waals surface area contributed by atoms with Crippen molar-refractivity contribution in [2.45, 2.75) is 0 Å². The van der Waals surface area contributed by atoms with Gasteiger partial charge in [0, 0.05) is 16.7 Å². The lowest BCUT2D eigenvalue weighted by molar-refractivity contribution is 0.425. The van der Waals surface area contributed by atoms with E-state index in [2.05, 4.69) is 53.0 Å². The van der Waals surface area contributed by atoms with Crippen LogP contribution in [0.2, 0.25) is 0 Å². The van der Waals surface area contributed by atoms with Crippen molar-refractivity contribution < 1.29 is 0 Å². The third-order valence-electron chi connectivity index (χ3n) is 1.89. The van der Waals surface area contributed by atoms with Gasteiger partial charge in [0.2, 0.25) is 0 Å². The number of nitrogens with one attached hydrogen (secondary N) is 1. The summed E-state index contributed by atoms with van der Waals surface area (Å²) >= 11 is 2.25. The number of likely N-dealkylation sites (N-methyl/N-ethyl adjacent to an activating group) is 1. The summed E-state index contributed by atoms with van der Waals surface area (Å²) in [6, 6.07) is 6.04. The fourth-order valence-corrected chi connectivity index (χ4v) is 1.62. The summed E-state index contributed by atoms with van der Waals surface area (Å²) in [4.78, 5) is 2.13. The molecule has 78 valence electrons. The van der Waals surface area contributed by atoms with Gasteiger partial charge in [0.05, 0.1) is 11.4 Å². The highest BCUT2D eigenvalue weighted by Gasteiger charge is 1.98. The highest BCUT2D eigenvalue weighted by molar-refractivity contribution is 14.1. The van der Waals surface area contributed by atoms with E-state index in [0.717, 1.165) is 24.5 Å². The molecule has 0 radical (unpaired) electrons. The zero-order chi connectivity index (χ0) is 10.6. The fourth-order valence-electron chi connectivity index (χ4n) is 1.11. The smallest absolute Gasteiger partial charge is 0.0575 e. The Bertz CT molecular complexity index is 299. The van der Waals surface area contributed by atoms with Gasteiger partial charge in [-0.3, -0.25) is 0 Å². The van der Waals surface area contributed by atoms with E-state index in [4.69, 9.17) is 5.73 Å². The second kappa shape index (κ2) is 5.41. The summed E-state index contributed by atoms with van der Waals surface area (Å²) < 4.78 is 1.17. The number of hydrogen-bond donors (Lipinski definition) is 2. The Kier molecular flexibility index (Phi) is 4.47. The summed E-state index contributed by atoms with van der Waals surface area (Å²) in [6.07, 6.45) is 0. The molecule has 0 spiro atoms. The van der Waals surface area contributed by atoms with Crippen LogP contribution in [0.3, 0.4) is 0 Å². The molecule has 4 heteroatoms. The molecule has 0 saturated carbocycles. The maximum atomic E-state index is 5.86. The number of nitrogen functional groups attached to an aromatic ring is 1. The van der Waals surface area contributed by atoms with Crippen molar-refractivity contribution in [3.8, 4) is 0 Å². The van der Waals surface area contributed by atoms with Crippen LogP contribution in [0.5, 0.6) is 0 Å². The van der Waals surface area contributed by atoms with Crippen LogP contribution in [0.15, 0.2) is 18.2 Å². The summed E-state index contributed by atoms with van der Waals surface area (Å²) in [5.74, 6) is 0. The zero-order valence-corrected chi connectivity index (χ0v) is 10.7. The minimum Gasteiger partial charge on any atom is -0.397 e. The maximum absolute atomic E-state index is 5.86. The van der Waals surface area contributed by atoms with Gasteiger partial charge in [-0.25, -0.2) is 0 Å². The van der Waals surface area contributed by atoms with E-state index in [0.29, 0.717) is 0 Å². The third-order valence-corrected chi connectivity index (χ3v) is 2.56. The molecular weight excluding hydrogens is 289 g/mol. The average Bonchev–Trinajstić information content (AvgIpc) is 2.08. The summed E-state index contributed by atoms with van der Waals surface area (Å²) in [6.45, 7) is 1.92. The number of nitrogens with two attached hydrogens (primary N) is 1. The first-order valence-electron chi connectivity index (χ1n) is 4.53. The molecule has 3 N–H and O–H groups in total. The normalized spacial score (nSPS) is 10.6. The fraction of sp³-hybridized carbons (Fsp3) is 0.400. The first kappa shape index (κ1) is 11.6. The molecule has 0 aliphatic carbocycles. The van der Waals surface area contributed by atoms with Crippen molar-refractivity contribution in [1.29, 1.82) is 0 Å². The van der Waals surface area contributed by atoms with Crippen LogP contribution in [0.25, 0.3) is 0 Å². The SMILES string of the molecule is CN(C)CCNc1ccc(I)cc1N.